The first kappa shape index (κ1) is 19.0. The second kappa shape index (κ2) is 7.30. The van der Waals surface area contributed by atoms with Crippen LogP contribution < -0.4 is 10.1 Å². The summed E-state index contributed by atoms with van der Waals surface area (Å²) in [7, 11) is -3.24. The zero-order chi connectivity index (χ0) is 18.7. The van der Waals surface area contributed by atoms with E-state index in [1.807, 2.05) is 0 Å². The van der Waals surface area contributed by atoms with E-state index in [0.29, 0.717) is 18.7 Å². The second-order valence-electron chi connectivity index (χ2n) is 6.36. The summed E-state index contributed by atoms with van der Waals surface area (Å²) in [6.07, 6.45) is 1.56. The summed E-state index contributed by atoms with van der Waals surface area (Å²) in [4.78, 5) is 24.9. The molecule has 1 heterocycles. The normalized spacial score (nSPS) is 20.3. The Bertz CT molecular complexity index is 746. The quantitative estimate of drug-likeness (QED) is 0.722. The maximum atomic E-state index is 12.0. The van der Waals surface area contributed by atoms with Crippen LogP contribution in [0.4, 0.5) is 4.79 Å². The number of amides is 2. The average molecular weight is 370 g/mol. The molecule has 1 saturated heterocycles. The lowest BCUT2D eigenvalue weighted by Crippen LogP contribution is -2.42. The molecule has 0 bridgehead atoms. The van der Waals surface area contributed by atoms with E-state index in [0.717, 1.165) is 6.26 Å². The number of nitrogens with one attached hydrogen (secondary N) is 1. The van der Waals surface area contributed by atoms with Gasteiger partial charge in [0.05, 0.1) is 16.9 Å². The molecule has 1 unspecified atom stereocenters. The highest BCUT2D eigenvalue weighted by atomic mass is 32.2. The molecular formula is C16H22N2O6S. The second-order valence-corrected chi connectivity index (χ2v) is 8.38. The zero-order valence-electron chi connectivity index (χ0n) is 14.2. The molecule has 8 nitrogen and oxygen atoms in total. The molecule has 0 spiro atoms. The van der Waals surface area contributed by atoms with Gasteiger partial charge in [0.25, 0.3) is 0 Å². The standard InChI is InChI=1S/C16H22N2O6S/c1-16(14(19)20)7-9-18(11-16)15(21)17-8-10-24-12-3-5-13(6-4-12)25(2,22)23/h3-6H,7-11H2,1-2H3,(H,17,21)(H,19,20). The Morgan fingerprint density at radius 3 is 2.48 bits per heavy atom. The van der Waals surface area contributed by atoms with Crippen LogP contribution in [0.5, 0.6) is 5.75 Å². The van der Waals surface area contributed by atoms with E-state index >= 15 is 0 Å². The maximum Gasteiger partial charge on any atom is 0.317 e. The molecule has 1 aliphatic heterocycles. The fourth-order valence-electron chi connectivity index (χ4n) is 2.53. The Morgan fingerprint density at radius 1 is 1.32 bits per heavy atom. The molecule has 138 valence electrons. The third-order valence-electron chi connectivity index (χ3n) is 4.18. The Kier molecular flexibility index (Phi) is 5.56. The van der Waals surface area contributed by atoms with E-state index in [4.69, 9.17) is 9.84 Å². The van der Waals surface area contributed by atoms with E-state index in [1.165, 1.54) is 17.0 Å². The van der Waals surface area contributed by atoms with E-state index in [2.05, 4.69) is 5.32 Å². The summed E-state index contributed by atoms with van der Waals surface area (Å²) in [5.74, 6) is -0.398. The lowest BCUT2D eigenvalue weighted by molar-refractivity contribution is -0.147. The van der Waals surface area contributed by atoms with Crippen LogP contribution in [0, 0.1) is 5.41 Å². The fourth-order valence-corrected chi connectivity index (χ4v) is 3.16. The summed E-state index contributed by atoms with van der Waals surface area (Å²) < 4.78 is 28.2. The summed E-state index contributed by atoms with van der Waals surface area (Å²) >= 11 is 0. The van der Waals surface area contributed by atoms with E-state index < -0.39 is 21.2 Å². The molecule has 9 heteroatoms. The molecule has 0 saturated carbocycles. The first-order valence-corrected chi connectivity index (χ1v) is 9.70. The Labute approximate surface area is 146 Å². The van der Waals surface area contributed by atoms with Gasteiger partial charge >= 0.3 is 12.0 Å². The SMILES string of the molecule is CC1(C(=O)O)CCN(C(=O)NCCOc2ccc(S(C)(=O)=O)cc2)C1. The molecule has 0 aliphatic carbocycles. The van der Waals surface area contributed by atoms with Gasteiger partial charge < -0.3 is 20.1 Å². The van der Waals surface area contributed by atoms with Crippen molar-refractivity contribution in [3.8, 4) is 5.75 Å². The number of ether oxygens (including phenoxy) is 1. The molecule has 1 fully saturated rings. The molecule has 1 aliphatic rings. The Balaban J connectivity index is 1.74. The number of rotatable bonds is 6. The van der Waals surface area contributed by atoms with Crippen LogP contribution in [-0.4, -0.2) is 62.9 Å². The van der Waals surface area contributed by atoms with Crippen molar-refractivity contribution in [2.45, 2.75) is 18.2 Å². The van der Waals surface area contributed by atoms with Crippen LogP contribution in [0.15, 0.2) is 29.2 Å². The molecule has 2 amide bonds. The van der Waals surface area contributed by atoms with Crippen molar-refractivity contribution in [3.05, 3.63) is 24.3 Å². The Hall–Kier alpha value is -2.29. The van der Waals surface area contributed by atoms with Crippen molar-refractivity contribution in [1.29, 1.82) is 0 Å². The van der Waals surface area contributed by atoms with E-state index in [1.54, 1.807) is 19.1 Å². The summed E-state index contributed by atoms with van der Waals surface area (Å²) in [6.45, 7) is 2.69. The van der Waals surface area contributed by atoms with Crippen LogP contribution >= 0.6 is 0 Å². The van der Waals surface area contributed by atoms with Gasteiger partial charge in [-0.3, -0.25) is 4.79 Å². The van der Waals surface area contributed by atoms with Crippen LogP contribution in [0.25, 0.3) is 0 Å². The number of carboxylic acid groups (broad SMARTS) is 1. The van der Waals surface area contributed by atoms with Crippen molar-refractivity contribution in [2.75, 3.05) is 32.5 Å². The summed E-state index contributed by atoms with van der Waals surface area (Å²) in [6, 6.07) is 5.70. The minimum Gasteiger partial charge on any atom is -0.492 e. The number of hydrogen-bond donors (Lipinski definition) is 2. The minimum atomic E-state index is -3.24. The van der Waals surface area contributed by atoms with Crippen molar-refractivity contribution >= 4 is 21.8 Å². The lowest BCUT2D eigenvalue weighted by Gasteiger charge is -2.20. The van der Waals surface area contributed by atoms with Gasteiger partial charge in [-0.1, -0.05) is 0 Å². The minimum absolute atomic E-state index is 0.183. The number of nitrogens with zero attached hydrogens (tertiary/aromatic N) is 1. The van der Waals surface area contributed by atoms with Crippen molar-refractivity contribution in [3.63, 3.8) is 0 Å². The Morgan fingerprint density at radius 2 is 1.96 bits per heavy atom. The van der Waals surface area contributed by atoms with Crippen LogP contribution in [0.2, 0.25) is 0 Å². The van der Waals surface area contributed by atoms with E-state index in [-0.39, 0.29) is 30.6 Å². The molecular weight excluding hydrogens is 348 g/mol. The van der Waals surface area contributed by atoms with Gasteiger partial charge in [-0.15, -0.1) is 0 Å². The van der Waals surface area contributed by atoms with Crippen LogP contribution in [0.3, 0.4) is 0 Å². The molecule has 1 aromatic rings. The van der Waals surface area contributed by atoms with Gasteiger partial charge in [-0.05, 0) is 37.6 Å². The highest BCUT2D eigenvalue weighted by Crippen LogP contribution is 2.29. The number of urea groups is 1. The van der Waals surface area contributed by atoms with Crippen LogP contribution in [0.1, 0.15) is 13.3 Å². The van der Waals surface area contributed by atoms with Gasteiger partial charge in [0.2, 0.25) is 0 Å². The first-order valence-electron chi connectivity index (χ1n) is 7.81. The van der Waals surface area contributed by atoms with Crippen molar-refractivity contribution in [2.24, 2.45) is 5.41 Å². The van der Waals surface area contributed by atoms with Gasteiger partial charge in [0.15, 0.2) is 9.84 Å². The average Bonchev–Trinajstić information content (AvgIpc) is 2.95. The predicted molar refractivity (Wildman–Crippen MR) is 90.4 cm³/mol. The third-order valence-corrected chi connectivity index (χ3v) is 5.30. The monoisotopic (exact) mass is 370 g/mol. The number of carboxylic acids is 1. The van der Waals surface area contributed by atoms with Crippen molar-refractivity contribution < 1.29 is 27.9 Å². The number of carbonyl (C=O) groups is 2. The van der Waals surface area contributed by atoms with Gasteiger partial charge in [0, 0.05) is 19.3 Å². The molecule has 0 aromatic heterocycles. The lowest BCUT2D eigenvalue weighted by atomic mass is 9.90. The summed E-state index contributed by atoms with van der Waals surface area (Å²) in [5, 5.41) is 11.8. The smallest absolute Gasteiger partial charge is 0.317 e. The zero-order valence-corrected chi connectivity index (χ0v) is 15.0. The van der Waals surface area contributed by atoms with Crippen LogP contribution in [-0.2, 0) is 14.6 Å². The highest BCUT2D eigenvalue weighted by molar-refractivity contribution is 7.90. The summed E-state index contributed by atoms with van der Waals surface area (Å²) in [5.41, 5.74) is -0.894. The predicted octanol–water partition coefficient (Wildman–Crippen LogP) is 0.975. The fraction of sp³-hybridized carbons (Fsp3) is 0.500. The number of aliphatic carboxylic acids is 1. The molecule has 25 heavy (non-hydrogen) atoms. The number of benzene rings is 1. The number of carbonyl (C=O) groups excluding carboxylic acids is 1. The molecule has 2 N–H and O–H groups in total. The highest BCUT2D eigenvalue weighted by Gasteiger charge is 2.42. The molecule has 1 aromatic carbocycles. The van der Waals surface area contributed by atoms with Gasteiger partial charge in [-0.2, -0.15) is 0 Å². The number of sulfone groups is 1. The van der Waals surface area contributed by atoms with Crippen molar-refractivity contribution in [1.82, 2.24) is 10.2 Å². The molecule has 0 radical (unpaired) electrons. The maximum absolute atomic E-state index is 12.0. The number of likely N-dealkylation sites (tertiary alicyclic amines) is 1. The molecule has 2 rings (SSSR count). The topological polar surface area (TPSA) is 113 Å². The van der Waals surface area contributed by atoms with Gasteiger partial charge in [-0.25, -0.2) is 13.2 Å². The number of hydrogen-bond acceptors (Lipinski definition) is 5. The third kappa shape index (κ3) is 4.85. The van der Waals surface area contributed by atoms with E-state index in [9.17, 15) is 18.0 Å². The largest absolute Gasteiger partial charge is 0.492 e. The molecule has 1 atom stereocenters. The first-order chi connectivity index (χ1) is 11.6. The van der Waals surface area contributed by atoms with Gasteiger partial charge in [0.1, 0.15) is 12.4 Å².